The van der Waals surface area contributed by atoms with Gasteiger partial charge in [0.25, 0.3) is 0 Å². The number of esters is 1. The van der Waals surface area contributed by atoms with Crippen LogP contribution in [0.3, 0.4) is 0 Å². The molecule has 1 aromatic heterocycles. The molecular weight excluding hydrogens is 294 g/mol. The Bertz CT molecular complexity index is 559. The van der Waals surface area contributed by atoms with Crippen molar-refractivity contribution in [1.29, 1.82) is 0 Å². The lowest BCUT2D eigenvalue weighted by molar-refractivity contribution is 0.0183. The smallest absolute Gasteiger partial charge is 0.374 e. The van der Waals surface area contributed by atoms with Crippen LogP contribution in [-0.2, 0) is 9.47 Å². The van der Waals surface area contributed by atoms with Crippen molar-refractivity contribution in [3.05, 3.63) is 36.1 Å². The van der Waals surface area contributed by atoms with Gasteiger partial charge in [-0.1, -0.05) is 18.2 Å². The van der Waals surface area contributed by atoms with Gasteiger partial charge in [0.05, 0.1) is 13.2 Å². The maximum Gasteiger partial charge on any atom is 0.374 e. The molecule has 5 nitrogen and oxygen atoms in total. The Morgan fingerprint density at radius 3 is 2.76 bits per heavy atom. The molecule has 21 heavy (non-hydrogen) atoms. The second-order valence-corrected chi connectivity index (χ2v) is 4.74. The number of furan rings is 1. The van der Waals surface area contributed by atoms with E-state index in [1.165, 1.54) is 0 Å². The SMILES string of the molecule is Cl.O=C(OCCN1CCOCC1)c1cc2ccccc2o1. The summed E-state index contributed by atoms with van der Waals surface area (Å²) in [5, 5.41) is 0.910. The van der Waals surface area contributed by atoms with Crippen LogP contribution in [0.5, 0.6) is 0 Å². The predicted molar refractivity (Wildman–Crippen MR) is 81.0 cm³/mol. The second-order valence-electron chi connectivity index (χ2n) is 4.74. The van der Waals surface area contributed by atoms with Gasteiger partial charge in [0.2, 0.25) is 5.76 Å². The summed E-state index contributed by atoms with van der Waals surface area (Å²) in [6.07, 6.45) is 0. The van der Waals surface area contributed by atoms with E-state index in [4.69, 9.17) is 13.9 Å². The molecule has 114 valence electrons. The van der Waals surface area contributed by atoms with E-state index in [0.717, 1.165) is 38.2 Å². The Balaban J connectivity index is 0.00000161. The van der Waals surface area contributed by atoms with Gasteiger partial charge >= 0.3 is 5.97 Å². The van der Waals surface area contributed by atoms with Gasteiger partial charge in [-0.2, -0.15) is 0 Å². The van der Waals surface area contributed by atoms with E-state index in [2.05, 4.69) is 4.90 Å². The van der Waals surface area contributed by atoms with E-state index in [1.54, 1.807) is 6.07 Å². The lowest BCUT2D eigenvalue weighted by Gasteiger charge is -2.25. The third-order valence-electron chi connectivity index (χ3n) is 3.37. The van der Waals surface area contributed by atoms with Gasteiger partial charge in [0, 0.05) is 25.0 Å². The lowest BCUT2D eigenvalue weighted by Crippen LogP contribution is -2.38. The molecule has 0 amide bonds. The van der Waals surface area contributed by atoms with Crippen LogP contribution >= 0.6 is 12.4 Å². The standard InChI is InChI=1S/C15H17NO4.ClH/c17-15(19-10-7-16-5-8-18-9-6-16)14-11-12-3-1-2-4-13(12)20-14;/h1-4,11H,5-10H2;1H. The van der Waals surface area contributed by atoms with Crippen LogP contribution in [0.1, 0.15) is 10.6 Å². The predicted octanol–water partition coefficient (Wildman–Crippen LogP) is 2.34. The Kier molecular flexibility index (Phi) is 5.61. The lowest BCUT2D eigenvalue weighted by atomic mass is 10.2. The zero-order valence-electron chi connectivity index (χ0n) is 11.6. The summed E-state index contributed by atoms with van der Waals surface area (Å²) in [6, 6.07) is 9.24. The van der Waals surface area contributed by atoms with Gasteiger partial charge in [-0.3, -0.25) is 4.90 Å². The van der Waals surface area contributed by atoms with Crippen molar-refractivity contribution >= 4 is 29.3 Å². The minimum absolute atomic E-state index is 0. The summed E-state index contributed by atoms with van der Waals surface area (Å²) >= 11 is 0. The fraction of sp³-hybridized carbons (Fsp3) is 0.400. The molecule has 0 bridgehead atoms. The van der Waals surface area contributed by atoms with E-state index in [0.29, 0.717) is 12.2 Å². The van der Waals surface area contributed by atoms with E-state index in [-0.39, 0.29) is 18.2 Å². The quantitative estimate of drug-likeness (QED) is 0.811. The van der Waals surface area contributed by atoms with Crippen molar-refractivity contribution in [3.63, 3.8) is 0 Å². The zero-order valence-corrected chi connectivity index (χ0v) is 12.4. The maximum atomic E-state index is 11.9. The molecule has 0 N–H and O–H groups in total. The topological polar surface area (TPSA) is 51.9 Å². The Labute approximate surface area is 129 Å². The molecule has 1 aromatic carbocycles. The molecule has 3 rings (SSSR count). The Morgan fingerprint density at radius 1 is 1.24 bits per heavy atom. The number of para-hydroxylation sites is 1. The third-order valence-corrected chi connectivity index (χ3v) is 3.37. The highest BCUT2D eigenvalue weighted by molar-refractivity contribution is 5.92. The number of nitrogens with zero attached hydrogens (tertiary/aromatic N) is 1. The molecule has 1 saturated heterocycles. The molecule has 0 atom stereocenters. The highest BCUT2D eigenvalue weighted by Crippen LogP contribution is 2.19. The van der Waals surface area contributed by atoms with E-state index in [9.17, 15) is 4.79 Å². The number of morpholine rings is 1. The molecule has 0 spiro atoms. The second kappa shape index (κ2) is 7.45. The maximum absolute atomic E-state index is 11.9. The summed E-state index contributed by atoms with van der Waals surface area (Å²) in [6.45, 7) is 4.38. The van der Waals surface area contributed by atoms with Gasteiger partial charge in [0.15, 0.2) is 0 Å². The number of halogens is 1. The minimum Gasteiger partial charge on any atom is -0.458 e. The molecular formula is C15H18ClNO4. The van der Waals surface area contributed by atoms with Crippen molar-refractivity contribution in [3.8, 4) is 0 Å². The first-order valence-electron chi connectivity index (χ1n) is 6.79. The average Bonchev–Trinajstić information content (AvgIpc) is 2.92. The molecule has 1 fully saturated rings. The highest BCUT2D eigenvalue weighted by atomic mass is 35.5. The fourth-order valence-electron chi connectivity index (χ4n) is 2.25. The Hall–Kier alpha value is -1.56. The van der Waals surface area contributed by atoms with Crippen LogP contribution in [0.15, 0.2) is 34.7 Å². The number of hydrogen-bond donors (Lipinski definition) is 0. The van der Waals surface area contributed by atoms with Crippen molar-refractivity contribution in [2.24, 2.45) is 0 Å². The monoisotopic (exact) mass is 311 g/mol. The fourth-order valence-corrected chi connectivity index (χ4v) is 2.25. The molecule has 1 aliphatic heterocycles. The van der Waals surface area contributed by atoms with Crippen molar-refractivity contribution in [2.45, 2.75) is 0 Å². The summed E-state index contributed by atoms with van der Waals surface area (Å²) < 4.78 is 16.0. The van der Waals surface area contributed by atoms with Crippen LogP contribution in [0.4, 0.5) is 0 Å². The molecule has 0 aliphatic carbocycles. The molecule has 2 aromatic rings. The van der Waals surface area contributed by atoms with E-state index in [1.807, 2.05) is 24.3 Å². The van der Waals surface area contributed by atoms with Crippen molar-refractivity contribution in [1.82, 2.24) is 4.90 Å². The number of hydrogen-bond acceptors (Lipinski definition) is 5. The summed E-state index contributed by atoms with van der Waals surface area (Å²) in [5.41, 5.74) is 0.702. The van der Waals surface area contributed by atoms with Crippen LogP contribution in [0, 0.1) is 0 Å². The molecule has 6 heteroatoms. The third kappa shape index (κ3) is 3.97. The van der Waals surface area contributed by atoms with E-state index >= 15 is 0 Å². The average molecular weight is 312 g/mol. The Morgan fingerprint density at radius 2 is 2.00 bits per heavy atom. The first kappa shape index (κ1) is 15.8. The molecule has 0 unspecified atom stereocenters. The highest BCUT2D eigenvalue weighted by Gasteiger charge is 2.15. The largest absolute Gasteiger partial charge is 0.458 e. The molecule has 0 radical (unpaired) electrons. The van der Waals surface area contributed by atoms with Crippen LogP contribution in [0.2, 0.25) is 0 Å². The van der Waals surface area contributed by atoms with Gasteiger partial charge in [-0.15, -0.1) is 12.4 Å². The van der Waals surface area contributed by atoms with Crippen molar-refractivity contribution < 1.29 is 18.7 Å². The van der Waals surface area contributed by atoms with Crippen LogP contribution in [-0.4, -0.2) is 50.3 Å². The number of rotatable bonds is 4. The van der Waals surface area contributed by atoms with Crippen molar-refractivity contribution in [2.75, 3.05) is 39.5 Å². The summed E-state index contributed by atoms with van der Waals surface area (Å²) in [5.74, 6) is -0.150. The van der Waals surface area contributed by atoms with E-state index < -0.39 is 5.97 Å². The number of carbonyl (C=O) groups is 1. The number of fused-ring (bicyclic) bond motifs is 1. The molecule has 2 heterocycles. The first-order chi connectivity index (χ1) is 9.83. The molecule has 0 saturated carbocycles. The number of benzene rings is 1. The van der Waals surface area contributed by atoms with Gasteiger partial charge in [-0.05, 0) is 12.1 Å². The number of ether oxygens (including phenoxy) is 2. The minimum atomic E-state index is -0.408. The normalized spacial score (nSPS) is 15.6. The molecule has 1 aliphatic rings. The summed E-state index contributed by atoms with van der Waals surface area (Å²) in [4.78, 5) is 14.1. The van der Waals surface area contributed by atoms with Crippen LogP contribution in [0.25, 0.3) is 11.0 Å². The summed E-state index contributed by atoms with van der Waals surface area (Å²) in [7, 11) is 0. The zero-order chi connectivity index (χ0) is 13.8. The van der Waals surface area contributed by atoms with Gasteiger partial charge in [-0.25, -0.2) is 4.79 Å². The van der Waals surface area contributed by atoms with Gasteiger partial charge in [0.1, 0.15) is 12.2 Å². The first-order valence-corrected chi connectivity index (χ1v) is 6.79. The van der Waals surface area contributed by atoms with Crippen LogP contribution < -0.4 is 0 Å². The number of carbonyl (C=O) groups excluding carboxylic acids is 1. The van der Waals surface area contributed by atoms with Gasteiger partial charge < -0.3 is 13.9 Å².